The predicted octanol–water partition coefficient (Wildman–Crippen LogP) is 1.93. The van der Waals surface area contributed by atoms with Crippen LogP contribution < -0.4 is 11.1 Å². The van der Waals surface area contributed by atoms with Crippen molar-refractivity contribution in [2.45, 2.75) is 0 Å². The molecule has 0 aliphatic heterocycles. The molecule has 0 atom stereocenters. The maximum atomic E-state index is 13.7. The first-order valence-corrected chi connectivity index (χ1v) is 5.81. The Bertz CT molecular complexity index is 765. The molecule has 4 N–H and O–H groups in total. The summed E-state index contributed by atoms with van der Waals surface area (Å²) in [6.07, 6.45) is 1.27. The Morgan fingerprint density at radius 1 is 1.30 bits per heavy atom. The summed E-state index contributed by atoms with van der Waals surface area (Å²) in [4.78, 5) is 22.6. The first-order chi connectivity index (χ1) is 9.65. The van der Waals surface area contributed by atoms with E-state index in [1.54, 1.807) is 6.07 Å². The number of rotatable bonds is 2. The first kappa shape index (κ1) is 12.1. The lowest BCUT2D eigenvalue weighted by molar-refractivity contribution is 0.102. The summed E-state index contributed by atoms with van der Waals surface area (Å²) in [7, 11) is 0. The molecule has 0 fully saturated rings. The minimum Gasteiger partial charge on any atom is -0.381 e. The summed E-state index contributed by atoms with van der Waals surface area (Å²) in [6.45, 7) is 0. The summed E-state index contributed by atoms with van der Waals surface area (Å²) >= 11 is 0. The van der Waals surface area contributed by atoms with E-state index >= 15 is 0 Å². The van der Waals surface area contributed by atoms with Gasteiger partial charge in [0.15, 0.2) is 11.6 Å². The van der Waals surface area contributed by atoms with Crippen molar-refractivity contribution >= 4 is 28.7 Å². The number of imidazole rings is 1. The zero-order valence-electron chi connectivity index (χ0n) is 10.2. The highest BCUT2D eigenvalue weighted by molar-refractivity contribution is 6.04. The Morgan fingerprint density at radius 2 is 2.10 bits per heavy atom. The highest BCUT2D eigenvalue weighted by Crippen LogP contribution is 2.16. The Morgan fingerprint density at radius 3 is 2.90 bits per heavy atom. The number of para-hydroxylation sites is 2. The van der Waals surface area contributed by atoms with E-state index in [1.165, 1.54) is 12.3 Å². The minimum absolute atomic E-state index is 0.182. The van der Waals surface area contributed by atoms with Gasteiger partial charge in [0.1, 0.15) is 0 Å². The van der Waals surface area contributed by atoms with Gasteiger partial charge in [0.2, 0.25) is 5.95 Å². The van der Waals surface area contributed by atoms with Gasteiger partial charge < -0.3 is 10.7 Å². The van der Waals surface area contributed by atoms with Crippen molar-refractivity contribution in [3.8, 4) is 0 Å². The normalized spacial score (nSPS) is 10.7. The average molecular weight is 271 g/mol. The molecule has 6 nitrogen and oxygen atoms in total. The smallest absolute Gasteiger partial charge is 0.261 e. The minimum atomic E-state index is -0.846. The molecule has 0 aliphatic carbocycles. The van der Waals surface area contributed by atoms with Crippen molar-refractivity contribution < 1.29 is 9.18 Å². The van der Waals surface area contributed by atoms with Crippen molar-refractivity contribution in [3.05, 3.63) is 47.9 Å². The number of pyridine rings is 1. The molecule has 0 saturated carbocycles. The largest absolute Gasteiger partial charge is 0.381 e. The van der Waals surface area contributed by atoms with Crippen LogP contribution in [0.4, 0.5) is 16.2 Å². The van der Waals surface area contributed by atoms with Crippen molar-refractivity contribution in [2.24, 2.45) is 0 Å². The lowest BCUT2D eigenvalue weighted by Crippen LogP contribution is -2.16. The van der Waals surface area contributed by atoms with E-state index < -0.39 is 11.7 Å². The molecule has 0 unspecified atom stereocenters. The van der Waals surface area contributed by atoms with E-state index in [0.29, 0.717) is 5.52 Å². The van der Waals surface area contributed by atoms with E-state index in [0.717, 1.165) is 5.52 Å². The van der Waals surface area contributed by atoms with Crippen molar-refractivity contribution in [1.29, 1.82) is 0 Å². The second-order valence-electron chi connectivity index (χ2n) is 4.11. The van der Waals surface area contributed by atoms with Crippen molar-refractivity contribution in [1.82, 2.24) is 15.0 Å². The molecule has 0 spiro atoms. The summed E-state index contributed by atoms with van der Waals surface area (Å²) in [5, 5.41) is 2.49. The Kier molecular flexibility index (Phi) is 2.79. The number of fused-ring (bicyclic) bond motifs is 1. The van der Waals surface area contributed by atoms with Crippen molar-refractivity contribution in [2.75, 3.05) is 11.1 Å². The number of nitrogens with two attached hydrogens (primary N) is 1. The number of halogens is 1. The summed E-state index contributed by atoms with van der Waals surface area (Å²) in [5.74, 6) is -1.56. The predicted molar refractivity (Wildman–Crippen MR) is 72.7 cm³/mol. The second kappa shape index (κ2) is 4.61. The fourth-order valence-electron chi connectivity index (χ4n) is 1.82. The Balaban J connectivity index is 1.90. The summed E-state index contributed by atoms with van der Waals surface area (Å²) in [6, 6.07) is 8.55. The SMILES string of the molecule is Nc1nccc(C(=O)Nc2nc3ccccc3[nH]2)c1F. The molecule has 7 heteroatoms. The number of benzene rings is 1. The van der Waals surface area contributed by atoms with Crippen LogP contribution in [-0.4, -0.2) is 20.9 Å². The Hall–Kier alpha value is -2.96. The van der Waals surface area contributed by atoms with Crippen LogP contribution in [-0.2, 0) is 0 Å². The molecule has 0 radical (unpaired) electrons. The van der Waals surface area contributed by atoms with Gasteiger partial charge in [-0.05, 0) is 18.2 Å². The van der Waals surface area contributed by atoms with E-state index in [2.05, 4.69) is 20.3 Å². The quantitative estimate of drug-likeness (QED) is 0.663. The third-order valence-electron chi connectivity index (χ3n) is 2.78. The molecule has 20 heavy (non-hydrogen) atoms. The van der Waals surface area contributed by atoms with E-state index in [1.807, 2.05) is 18.2 Å². The van der Waals surface area contributed by atoms with Crippen LogP contribution in [0.3, 0.4) is 0 Å². The number of anilines is 2. The number of nitrogen functional groups attached to an aromatic ring is 1. The highest BCUT2D eigenvalue weighted by atomic mass is 19.1. The molecule has 0 aliphatic rings. The molecule has 0 bridgehead atoms. The van der Waals surface area contributed by atoms with Gasteiger partial charge in [0.05, 0.1) is 16.6 Å². The van der Waals surface area contributed by atoms with Gasteiger partial charge in [-0.2, -0.15) is 0 Å². The monoisotopic (exact) mass is 271 g/mol. The number of hydrogen-bond acceptors (Lipinski definition) is 4. The summed E-state index contributed by atoms with van der Waals surface area (Å²) < 4.78 is 13.7. The zero-order valence-corrected chi connectivity index (χ0v) is 10.2. The summed E-state index contributed by atoms with van der Waals surface area (Å²) in [5.41, 5.74) is 6.62. The third-order valence-corrected chi connectivity index (χ3v) is 2.78. The Labute approximate surface area is 112 Å². The number of hydrogen-bond donors (Lipinski definition) is 3. The molecule has 1 aromatic carbocycles. The molecule has 1 amide bonds. The highest BCUT2D eigenvalue weighted by Gasteiger charge is 2.15. The molecule has 0 saturated heterocycles. The number of H-pyrrole nitrogens is 1. The standard InChI is InChI=1S/C13H10FN5O/c14-10-7(5-6-16-11(10)15)12(20)19-13-17-8-3-1-2-4-9(8)18-13/h1-6H,(H2,15,16)(H2,17,18,19,20). The fraction of sp³-hybridized carbons (Fsp3) is 0. The van der Waals surface area contributed by atoms with Crippen LogP contribution in [0.1, 0.15) is 10.4 Å². The van der Waals surface area contributed by atoms with E-state index in [4.69, 9.17) is 5.73 Å². The number of aromatic amines is 1. The molecular formula is C13H10FN5O. The maximum Gasteiger partial charge on any atom is 0.261 e. The molecule has 3 rings (SSSR count). The van der Waals surface area contributed by atoms with Gasteiger partial charge in [-0.3, -0.25) is 10.1 Å². The van der Waals surface area contributed by atoms with Gasteiger partial charge in [-0.1, -0.05) is 12.1 Å². The number of carbonyl (C=O) groups excluding carboxylic acids is 1. The van der Waals surface area contributed by atoms with E-state index in [9.17, 15) is 9.18 Å². The number of nitrogens with zero attached hydrogens (tertiary/aromatic N) is 2. The number of aromatic nitrogens is 3. The average Bonchev–Trinajstić information content (AvgIpc) is 2.83. The van der Waals surface area contributed by atoms with Crippen LogP contribution in [0.2, 0.25) is 0 Å². The van der Waals surface area contributed by atoms with Gasteiger partial charge in [-0.25, -0.2) is 14.4 Å². The second-order valence-corrected chi connectivity index (χ2v) is 4.11. The first-order valence-electron chi connectivity index (χ1n) is 5.81. The van der Waals surface area contributed by atoms with Gasteiger partial charge in [-0.15, -0.1) is 0 Å². The fourth-order valence-corrected chi connectivity index (χ4v) is 1.82. The number of carbonyl (C=O) groups is 1. The van der Waals surface area contributed by atoms with Gasteiger partial charge >= 0.3 is 0 Å². The van der Waals surface area contributed by atoms with Crippen LogP contribution in [0.15, 0.2) is 36.5 Å². The van der Waals surface area contributed by atoms with Crippen LogP contribution in [0, 0.1) is 5.82 Å². The lowest BCUT2D eigenvalue weighted by Gasteiger charge is -2.04. The molecule has 3 aromatic rings. The molecular weight excluding hydrogens is 261 g/mol. The molecule has 100 valence electrons. The van der Waals surface area contributed by atoms with Crippen LogP contribution >= 0.6 is 0 Å². The van der Waals surface area contributed by atoms with Crippen molar-refractivity contribution in [3.63, 3.8) is 0 Å². The molecule has 2 heterocycles. The number of nitrogens with one attached hydrogen (secondary N) is 2. The van der Waals surface area contributed by atoms with Gasteiger partial charge in [0, 0.05) is 6.20 Å². The third kappa shape index (κ3) is 2.05. The molecule has 2 aromatic heterocycles. The van der Waals surface area contributed by atoms with Crippen LogP contribution in [0.25, 0.3) is 11.0 Å². The zero-order chi connectivity index (χ0) is 14.1. The van der Waals surface area contributed by atoms with E-state index in [-0.39, 0.29) is 17.3 Å². The lowest BCUT2D eigenvalue weighted by atomic mass is 10.2. The topological polar surface area (TPSA) is 96.7 Å². The van der Waals surface area contributed by atoms with Gasteiger partial charge in [0.25, 0.3) is 5.91 Å². The maximum absolute atomic E-state index is 13.7. The van der Waals surface area contributed by atoms with Crippen LogP contribution in [0.5, 0.6) is 0 Å². The number of amides is 1.